The van der Waals surface area contributed by atoms with Crippen LogP contribution in [0.3, 0.4) is 0 Å². The molecule has 9 heteroatoms. The third-order valence-corrected chi connectivity index (χ3v) is 4.03. The zero-order chi connectivity index (χ0) is 19.5. The van der Waals surface area contributed by atoms with Gasteiger partial charge in [0.05, 0.1) is 12.7 Å². The minimum absolute atomic E-state index is 0.0416. The molecule has 4 aromatic rings. The molecule has 7 nitrogen and oxygen atoms in total. The van der Waals surface area contributed by atoms with Gasteiger partial charge in [0.2, 0.25) is 5.89 Å². The van der Waals surface area contributed by atoms with Crippen molar-refractivity contribution in [3.63, 3.8) is 0 Å². The Labute approximate surface area is 157 Å². The van der Waals surface area contributed by atoms with E-state index in [0.29, 0.717) is 23.4 Å². The number of hydrogen-bond acceptors (Lipinski definition) is 6. The molecule has 28 heavy (non-hydrogen) atoms. The number of halogens is 2. The Balaban J connectivity index is 1.49. The highest BCUT2D eigenvalue weighted by Crippen LogP contribution is 2.23. The summed E-state index contributed by atoms with van der Waals surface area (Å²) < 4.78 is 31.7. The number of carbonyl (C=O) groups is 1. The largest absolute Gasteiger partial charge is 0.415 e. The summed E-state index contributed by atoms with van der Waals surface area (Å²) in [5.74, 6) is -0.659. The van der Waals surface area contributed by atoms with Gasteiger partial charge in [-0.25, -0.2) is 4.68 Å². The van der Waals surface area contributed by atoms with Gasteiger partial charge in [-0.15, -0.1) is 15.3 Å². The number of alkyl halides is 2. The van der Waals surface area contributed by atoms with E-state index in [4.69, 9.17) is 4.42 Å². The van der Waals surface area contributed by atoms with Crippen molar-refractivity contribution in [3.8, 4) is 22.7 Å². The molecular weight excluding hydrogens is 368 g/mol. The van der Waals surface area contributed by atoms with Gasteiger partial charge >= 0.3 is 6.43 Å². The van der Waals surface area contributed by atoms with E-state index >= 15 is 0 Å². The van der Waals surface area contributed by atoms with E-state index in [0.717, 1.165) is 17.4 Å². The number of aldehydes is 1. The van der Waals surface area contributed by atoms with Crippen molar-refractivity contribution in [2.75, 3.05) is 0 Å². The molecule has 0 aliphatic carbocycles. The van der Waals surface area contributed by atoms with Gasteiger partial charge in [-0.1, -0.05) is 35.5 Å². The second kappa shape index (κ2) is 7.47. The van der Waals surface area contributed by atoms with Crippen LogP contribution in [0.4, 0.5) is 8.78 Å². The maximum Gasteiger partial charge on any atom is 0.314 e. The quantitative estimate of drug-likeness (QED) is 0.472. The molecule has 0 aliphatic rings. The van der Waals surface area contributed by atoms with Crippen LogP contribution in [0, 0.1) is 0 Å². The lowest BCUT2D eigenvalue weighted by atomic mass is 10.1. The molecule has 4 rings (SSSR count). The molecule has 2 heterocycles. The van der Waals surface area contributed by atoms with Crippen molar-refractivity contribution in [3.05, 3.63) is 71.7 Å². The van der Waals surface area contributed by atoms with Crippen LogP contribution in [-0.4, -0.2) is 31.5 Å². The second-order valence-electron chi connectivity index (χ2n) is 5.99. The van der Waals surface area contributed by atoms with Gasteiger partial charge in [0.1, 0.15) is 12.0 Å². The highest BCUT2D eigenvalue weighted by Gasteiger charge is 2.16. The summed E-state index contributed by atoms with van der Waals surface area (Å²) in [7, 11) is 0. The number of rotatable bonds is 6. The Morgan fingerprint density at radius 1 is 1.04 bits per heavy atom. The van der Waals surface area contributed by atoms with E-state index in [1.54, 1.807) is 41.2 Å². The first-order valence-corrected chi connectivity index (χ1v) is 8.29. The fourth-order valence-corrected chi connectivity index (χ4v) is 2.66. The maximum atomic E-state index is 12.5. The molecule has 0 fully saturated rings. The predicted molar refractivity (Wildman–Crippen MR) is 94.6 cm³/mol. The van der Waals surface area contributed by atoms with Crippen LogP contribution in [0.2, 0.25) is 0 Å². The van der Waals surface area contributed by atoms with Crippen LogP contribution in [-0.2, 0) is 6.54 Å². The average molecular weight is 381 g/mol. The van der Waals surface area contributed by atoms with Gasteiger partial charge in [0.25, 0.3) is 5.89 Å². The molecule has 0 spiro atoms. The van der Waals surface area contributed by atoms with Crippen LogP contribution < -0.4 is 0 Å². The van der Waals surface area contributed by atoms with E-state index in [9.17, 15) is 13.6 Å². The van der Waals surface area contributed by atoms with E-state index in [2.05, 4.69) is 20.5 Å². The molecule has 0 N–H and O–H groups in total. The molecule has 0 unspecified atom stereocenters. The van der Waals surface area contributed by atoms with Crippen molar-refractivity contribution in [2.45, 2.75) is 13.0 Å². The van der Waals surface area contributed by atoms with Gasteiger partial charge in [0.15, 0.2) is 0 Å². The Kier molecular flexibility index (Phi) is 4.71. The summed E-state index contributed by atoms with van der Waals surface area (Å²) in [4.78, 5) is 10.9. The lowest BCUT2D eigenvalue weighted by Crippen LogP contribution is -2.00. The van der Waals surface area contributed by atoms with Gasteiger partial charge in [-0.2, -0.15) is 8.78 Å². The van der Waals surface area contributed by atoms with Gasteiger partial charge in [-0.05, 0) is 23.8 Å². The fourth-order valence-electron chi connectivity index (χ4n) is 2.66. The van der Waals surface area contributed by atoms with Crippen LogP contribution in [0.25, 0.3) is 22.7 Å². The molecule has 2 aromatic heterocycles. The lowest BCUT2D eigenvalue weighted by Gasteiger charge is -2.02. The molecule has 0 atom stereocenters. The fraction of sp³-hybridized carbons (Fsp3) is 0.105. The van der Waals surface area contributed by atoms with Gasteiger partial charge in [0, 0.05) is 16.7 Å². The highest BCUT2D eigenvalue weighted by molar-refractivity contribution is 5.78. The van der Waals surface area contributed by atoms with E-state index in [1.165, 1.54) is 0 Å². The van der Waals surface area contributed by atoms with Crippen molar-refractivity contribution < 1.29 is 18.0 Å². The van der Waals surface area contributed by atoms with Crippen LogP contribution in [0.15, 0.2) is 59.1 Å². The van der Waals surface area contributed by atoms with Crippen molar-refractivity contribution in [2.24, 2.45) is 0 Å². The average Bonchev–Trinajstić information content (AvgIpc) is 3.39. The highest BCUT2D eigenvalue weighted by atomic mass is 19.3. The van der Waals surface area contributed by atoms with Crippen LogP contribution >= 0.6 is 0 Å². The van der Waals surface area contributed by atoms with Crippen molar-refractivity contribution >= 4 is 6.29 Å². The Morgan fingerprint density at radius 3 is 2.57 bits per heavy atom. The van der Waals surface area contributed by atoms with Crippen LogP contribution in [0.5, 0.6) is 0 Å². The van der Waals surface area contributed by atoms with E-state index < -0.39 is 12.3 Å². The summed E-state index contributed by atoms with van der Waals surface area (Å²) in [6, 6.07) is 14.2. The second-order valence-corrected chi connectivity index (χ2v) is 5.99. The molecule has 0 saturated carbocycles. The summed E-state index contributed by atoms with van der Waals surface area (Å²) in [5.41, 5.74) is 3.50. The molecular formula is C19H13F2N5O2. The molecule has 0 radical (unpaired) electrons. The molecule has 0 aliphatic heterocycles. The van der Waals surface area contributed by atoms with Gasteiger partial charge in [-0.3, -0.25) is 4.79 Å². The lowest BCUT2D eigenvalue weighted by molar-refractivity contribution is 0.112. The third-order valence-electron chi connectivity index (χ3n) is 4.03. The monoisotopic (exact) mass is 381 g/mol. The normalized spacial score (nSPS) is 11.1. The number of aromatic nitrogens is 5. The van der Waals surface area contributed by atoms with Crippen molar-refractivity contribution in [1.29, 1.82) is 0 Å². The first-order valence-electron chi connectivity index (χ1n) is 8.29. The predicted octanol–water partition coefficient (Wildman–Crippen LogP) is 3.79. The molecule has 140 valence electrons. The summed E-state index contributed by atoms with van der Waals surface area (Å²) in [5, 5.41) is 15.2. The molecule has 2 aromatic carbocycles. The topological polar surface area (TPSA) is 86.7 Å². The maximum absolute atomic E-state index is 12.5. The standard InChI is InChI=1S/C19H13F2N5O2/c20-17(21)19-24-23-18(28-19)14-6-4-12(5-7-14)9-26-10-16(22-25-26)15-3-1-2-13(8-15)11-27/h1-8,10-11,17H,9H2. The third kappa shape index (κ3) is 3.68. The van der Waals surface area contributed by atoms with Crippen LogP contribution in [0.1, 0.15) is 28.2 Å². The number of hydrogen-bond donors (Lipinski definition) is 0. The van der Waals surface area contributed by atoms with E-state index in [1.807, 2.05) is 18.2 Å². The molecule has 0 amide bonds. The zero-order valence-corrected chi connectivity index (χ0v) is 14.4. The SMILES string of the molecule is O=Cc1cccc(-c2cn(Cc3ccc(-c4nnc(C(F)F)o4)cc3)nn2)c1. The number of carbonyl (C=O) groups excluding carboxylic acids is 1. The zero-order valence-electron chi connectivity index (χ0n) is 14.4. The van der Waals surface area contributed by atoms with E-state index in [-0.39, 0.29) is 5.89 Å². The molecule has 0 saturated heterocycles. The first-order chi connectivity index (χ1) is 13.6. The molecule has 0 bridgehead atoms. The summed E-state index contributed by atoms with van der Waals surface area (Å²) in [6.45, 7) is 0.465. The van der Waals surface area contributed by atoms with Crippen molar-refractivity contribution in [1.82, 2.24) is 25.2 Å². The van der Waals surface area contributed by atoms with Gasteiger partial charge < -0.3 is 4.42 Å². The Hall–Kier alpha value is -3.75. The summed E-state index contributed by atoms with van der Waals surface area (Å²) in [6.07, 6.45) is -0.234. The Bertz CT molecular complexity index is 1110. The number of benzene rings is 2. The minimum atomic E-state index is -2.80. The Morgan fingerprint density at radius 2 is 1.86 bits per heavy atom. The summed E-state index contributed by atoms with van der Waals surface area (Å²) >= 11 is 0. The minimum Gasteiger partial charge on any atom is -0.415 e. The number of nitrogens with zero attached hydrogens (tertiary/aromatic N) is 5. The smallest absolute Gasteiger partial charge is 0.314 e. The first kappa shape index (κ1) is 17.7.